The average Bonchev–Trinajstić information content (AvgIpc) is 3.30. The van der Waals surface area contributed by atoms with Crippen LogP contribution in [0.4, 0.5) is 0 Å². The maximum atomic E-state index is 12.8. The lowest BCUT2D eigenvalue weighted by molar-refractivity contribution is -0.870. The quantitative estimate of drug-likeness (QED) is 0.0211. The first-order valence-corrected chi connectivity index (χ1v) is 28.1. The molecule has 2 unspecified atom stereocenters. The smallest absolute Gasteiger partial charge is 0.462 e. The van der Waals surface area contributed by atoms with Gasteiger partial charge in [0.1, 0.15) is 19.8 Å². The summed E-state index contributed by atoms with van der Waals surface area (Å²) in [7, 11) is 1.44. The topological polar surface area (TPSA) is 108 Å². The molecule has 2 atom stereocenters. The highest BCUT2D eigenvalue weighted by Crippen LogP contribution is 2.43. The zero-order valence-electron chi connectivity index (χ0n) is 43.8. The Morgan fingerprint density at radius 3 is 1.25 bits per heavy atom. The van der Waals surface area contributed by atoms with Gasteiger partial charge in [-0.05, 0) is 83.5 Å². The molecule has 1 N–H and O–H groups in total. The molecule has 0 spiro atoms. The fraction of sp³-hybridized carbons (Fsp3) is 0.655. The van der Waals surface area contributed by atoms with Crippen LogP contribution in [0.25, 0.3) is 0 Å². The van der Waals surface area contributed by atoms with Gasteiger partial charge in [-0.2, -0.15) is 0 Å². The van der Waals surface area contributed by atoms with E-state index in [1.807, 2.05) is 21.1 Å². The first-order valence-electron chi connectivity index (χ1n) is 26.6. The van der Waals surface area contributed by atoms with E-state index in [4.69, 9.17) is 18.5 Å². The van der Waals surface area contributed by atoms with E-state index in [1.54, 1.807) is 0 Å². The van der Waals surface area contributed by atoms with Crippen LogP contribution in [0.3, 0.4) is 0 Å². The number of carbonyl (C=O) groups is 2. The second-order valence-electron chi connectivity index (χ2n) is 18.5. The normalized spacial score (nSPS) is 14.3. The maximum absolute atomic E-state index is 12.8. The van der Waals surface area contributed by atoms with Crippen molar-refractivity contribution in [2.45, 2.75) is 200 Å². The molecule has 0 bridgehead atoms. The summed E-state index contributed by atoms with van der Waals surface area (Å²) in [6.07, 6.45) is 67.2. The van der Waals surface area contributed by atoms with Gasteiger partial charge in [-0.25, -0.2) is 4.57 Å². The lowest BCUT2D eigenvalue weighted by Crippen LogP contribution is -2.37. The molecule has 0 aromatic heterocycles. The van der Waals surface area contributed by atoms with Gasteiger partial charge in [-0.15, -0.1) is 0 Å². The number of phosphoric acid groups is 1. The van der Waals surface area contributed by atoms with Crippen LogP contribution < -0.4 is 0 Å². The molecule has 0 aliphatic rings. The number of hydrogen-bond donors (Lipinski definition) is 1. The van der Waals surface area contributed by atoms with Crippen molar-refractivity contribution in [2.75, 3.05) is 47.5 Å². The molecular formula is C58H99NO8P+. The molecule has 0 aliphatic carbocycles. The van der Waals surface area contributed by atoms with Gasteiger partial charge in [-0.3, -0.25) is 18.6 Å². The van der Waals surface area contributed by atoms with Gasteiger partial charge in [0.15, 0.2) is 6.10 Å². The second-order valence-corrected chi connectivity index (χ2v) is 20.0. The zero-order chi connectivity index (χ0) is 49.9. The monoisotopic (exact) mass is 969 g/mol. The Morgan fingerprint density at radius 1 is 0.471 bits per heavy atom. The van der Waals surface area contributed by atoms with Gasteiger partial charge in [0, 0.05) is 12.8 Å². The van der Waals surface area contributed by atoms with Crippen LogP contribution in [0.15, 0.2) is 109 Å². The van der Waals surface area contributed by atoms with Gasteiger partial charge < -0.3 is 18.9 Å². The molecule has 0 aliphatic heterocycles. The number of ether oxygens (including phenoxy) is 2. The number of carbonyl (C=O) groups excluding carboxylic acids is 2. The number of rotatable bonds is 47. The zero-order valence-corrected chi connectivity index (χ0v) is 44.7. The minimum Gasteiger partial charge on any atom is -0.462 e. The Bertz CT molecular complexity index is 1520. The fourth-order valence-electron chi connectivity index (χ4n) is 6.71. The van der Waals surface area contributed by atoms with E-state index in [1.165, 1.54) is 64.2 Å². The highest BCUT2D eigenvalue weighted by atomic mass is 31.2. The fourth-order valence-corrected chi connectivity index (χ4v) is 7.45. The van der Waals surface area contributed by atoms with Gasteiger partial charge in [0.25, 0.3) is 0 Å². The third kappa shape index (κ3) is 52.0. The highest BCUT2D eigenvalue weighted by molar-refractivity contribution is 7.47. The van der Waals surface area contributed by atoms with Gasteiger partial charge in [-0.1, -0.05) is 207 Å². The van der Waals surface area contributed by atoms with E-state index in [2.05, 4.69) is 123 Å². The van der Waals surface area contributed by atoms with Gasteiger partial charge >= 0.3 is 19.8 Å². The number of phosphoric ester groups is 1. The lowest BCUT2D eigenvalue weighted by Gasteiger charge is -2.24. The van der Waals surface area contributed by atoms with E-state index >= 15 is 0 Å². The van der Waals surface area contributed by atoms with Crippen molar-refractivity contribution in [3.05, 3.63) is 109 Å². The van der Waals surface area contributed by atoms with Crippen molar-refractivity contribution in [1.29, 1.82) is 0 Å². The Hall–Kier alpha value is -3.33. The Kier molecular flexibility index (Phi) is 46.3. The number of allylic oxidation sites excluding steroid dienone is 18. The molecule has 9 nitrogen and oxygen atoms in total. The molecule has 10 heteroatoms. The number of hydrogen-bond acceptors (Lipinski definition) is 7. The first-order chi connectivity index (χ1) is 33.0. The van der Waals surface area contributed by atoms with Crippen LogP contribution in [0.1, 0.15) is 194 Å². The van der Waals surface area contributed by atoms with Crippen LogP contribution >= 0.6 is 7.82 Å². The standard InChI is InChI=1S/C58H98NO8P/c1-6-8-10-12-14-16-18-20-21-22-23-24-25-26-27-28-29-30-31-32-33-34-35-36-37-39-41-43-45-47-49-51-58(61)67-56(55-66-68(62,63)65-53-52-59(3,4)5)54-64-57(60)50-48-46-44-42-40-38-19-17-15-13-11-9-7-2/h8,10,14,16,20-21,23-24,26-27,29-30,32-33,35-36,39,41,56H,6-7,9,11-13,15,17-19,22,25,28,31,34,37-38,40,42-55H2,1-5H3/p+1/b10-8-,16-14-,21-20-,24-23-,27-26-,30-29-,33-32-,36-35-,41-39-. The molecule has 0 radical (unpaired) electrons. The molecule has 68 heavy (non-hydrogen) atoms. The number of likely N-dealkylation sites (N-methyl/N-ethyl adjacent to an activating group) is 1. The molecular weight excluding hydrogens is 870 g/mol. The number of nitrogens with zero attached hydrogens (tertiary/aromatic N) is 1. The van der Waals surface area contributed by atoms with E-state index in [-0.39, 0.29) is 32.0 Å². The Balaban J connectivity index is 4.30. The largest absolute Gasteiger partial charge is 0.472 e. The third-order valence-electron chi connectivity index (χ3n) is 10.8. The predicted octanol–water partition coefficient (Wildman–Crippen LogP) is 16.2. The molecule has 0 rings (SSSR count). The summed E-state index contributed by atoms with van der Waals surface area (Å²) in [4.78, 5) is 35.5. The van der Waals surface area contributed by atoms with Crippen molar-refractivity contribution in [3.8, 4) is 0 Å². The van der Waals surface area contributed by atoms with Gasteiger partial charge in [0.2, 0.25) is 0 Å². The maximum Gasteiger partial charge on any atom is 0.472 e. The molecule has 0 amide bonds. The lowest BCUT2D eigenvalue weighted by atomic mass is 10.0. The first kappa shape index (κ1) is 64.7. The summed E-state index contributed by atoms with van der Waals surface area (Å²) in [6.45, 7) is 4.26. The molecule has 0 saturated carbocycles. The average molecular weight is 969 g/mol. The van der Waals surface area contributed by atoms with Crippen molar-refractivity contribution < 1.29 is 42.1 Å². The van der Waals surface area contributed by atoms with Crippen LogP contribution in [-0.4, -0.2) is 74.9 Å². The molecule has 0 aromatic rings. The van der Waals surface area contributed by atoms with Crippen LogP contribution in [0.5, 0.6) is 0 Å². The van der Waals surface area contributed by atoms with E-state index in [0.29, 0.717) is 17.4 Å². The third-order valence-corrected chi connectivity index (χ3v) is 11.8. The summed E-state index contributed by atoms with van der Waals surface area (Å²) >= 11 is 0. The molecule has 0 saturated heterocycles. The summed E-state index contributed by atoms with van der Waals surface area (Å²) in [5.74, 6) is -0.842. The van der Waals surface area contributed by atoms with E-state index < -0.39 is 26.5 Å². The van der Waals surface area contributed by atoms with Crippen LogP contribution in [-0.2, 0) is 32.7 Å². The van der Waals surface area contributed by atoms with E-state index in [9.17, 15) is 19.0 Å². The number of quaternary nitrogens is 1. The molecule has 388 valence electrons. The van der Waals surface area contributed by atoms with Crippen molar-refractivity contribution >= 4 is 19.8 Å². The minimum atomic E-state index is -4.40. The second kappa shape index (κ2) is 48.7. The number of esters is 2. The van der Waals surface area contributed by atoms with Crippen molar-refractivity contribution in [1.82, 2.24) is 0 Å². The molecule has 0 fully saturated rings. The Labute approximate surface area is 416 Å². The van der Waals surface area contributed by atoms with E-state index in [0.717, 1.165) is 96.3 Å². The SMILES string of the molecule is CC/C=C\C/C=C\C/C=C\C/C=C\C/C=C\C/C=C\C/C=C\C/C=C\C/C=C\CCCCCC(=O)OC(COC(=O)CCCCCCCCCCCCCCC)COP(=O)(O)OCC[N+](C)(C)C. The van der Waals surface area contributed by atoms with Crippen LogP contribution in [0, 0.1) is 0 Å². The Morgan fingerprint density at radius 2 is 0.838 bits per heavy atom. The number of unbranched alkanes of at least 4 members (excludes halogenated alkanes) is 15. The summed E-state index contributed by atoms with van der Waals surface area (Å²) < 4.78 is 34.4. The van der Waals surface area contributed by atoms with Crippen molar-refractivity contribution in [2.24, 2.45) is 0 Å². The molecule has 0 heterocycles. The summed E-state index contributed by atoms with van der Waals surface area (Å²) in [6, 6.07) is 0. The highest BCUT2D eigenvalue weighted by Gasteiger charge is 2.27. The minimum absolute atomic E-state index is 0.0200. The summed E-state index contributed by atoms with van der Waals surface area (Å²) in [5, 5.41) is 0. The predicted molar refractivity (Wildman–Crippen MR) is 288 cm³/mol. The molecule has 0 aromatic carbocycles. The summed E-state index contributed by atoms with van der Waals surface area (Å²) in [5.41, 5.74) is 0. The van der Waals surface area contributed by atoms with Crippen molar-refractivity contribution in [3.63, 3.8) is 0 Å². The van der Waals surface area contributed by atoms with Crippen LogP contribution in [0.2, 0.25) is 0 Å². The van der Waals surface area contributed by atoms with Gasteiger partial charge in [0.05, 0.1) is 27.7 Å².